The Balaban J connectivity index is 1.82. The third-order valence-electron chi connectivity index (χ3n) is 8.60. The number of rotatable bonds is 4. The summed E-state index contributed by atoms with van der Waals surface area (Å²) in [5.74, 6) is -1.85. The van der Waals surface area contributed by atoms with E-state index in [0.717, 1.165) is 57.8 Å². The Bertz CT molecular complexity index is 932. The van der Waals surface area contributed by atoms with Crippen molar-refractivity contribution in [2.24, 2.45) is 0 Å². The highest BCUT2D eigenvalue weighted by Crippen LogP contribution is 2.32. The summed E-state index contributed by atoms with van der Waals surface area (Å²) in [6.45, 7) is 3.44. The summed E-state index contributed by atoms with van der Waals surface area (Å²) in [7, 11) is 0. The lowest BCUT2D eigenvalue weighted by Gasteiger charge is -2.47. The van der Waals surface area contributed by atoms with E-state index >= 15 is 0 Å². The quantitative estimate of drug-likeness (QED) is 0.251. The molecule has 14 nitrogen and oxygen atoms in total. The van der Waals surface area contributed by atoms with Gasteiger partial charge in [-0.1, -0.05) is 64.2 Å². The lowest BCUT2D eigenvalue weighted by molar-refractivity contribution is -0.371. The van der Waals surface area contributed by atoms with E-state index in [9.17, 15) is 34.8 Å². The average molecular weight is 663 g/mol. The zero-order valence-electron chi connectivity index (χ0n) is 27.3. The molecule has 4 heterocycles. The molecule has 0 saturated carbocycles. The van der Waals surface area contributed by atoms with E-state index in [1.54, 1.807) is 0 Å². The summed E-state index contributed by atoms with van der Waals surface area (Å²) in [4.78, 5) is 35.7. The molecule has 0 radical (unpaired) electrons. The van der Waals surface area contributed by atoms with E-state index in [2.05, 4.69) is 0 Å². The lowest BCUT2D eigenvalue weighted by Crippen LogP contribution is -2.65. The molecule has 2 bridgehead atoms. The molecule has 4 N–H and O–H groups in total. The first-order valence-electron chi connectivity index (χ1n) is 16.8. The third-order valence-corrected chi connectivity index (χ3v) is 8.60. The number of esters is 3. The molecule has 0 aliphatic carbocycles. The van der Waals surface area contributed by atoms with E-state index < -0.39 is 85.9 Å². The molecule has 0 aromatic heterocycles. The van der Waals surface area contributed by atoms with Crippen LogP contribution in [0.5, 0.6) is 0 Å². The van der Waals surface area contributed by atoms with Crippen molar-refractivity contribution < 1.29 is 68.0 Å². The van der Waals surface area contributed by atoms with E-state index in [1.807, 2.05) is 6.92 Å². The predicted octanol–water partition coefficient (Wildman–Crippen LogP) is 1.79. The molecular weight excluding hydrogens is 608 g/mol. The third kappa shape index (κ3) is 12.3. The van der Waals surface area contributed by atoms with Gasteiger partial charge in [0, 0.05) is 20.3 Å². The van der Waals surface area contributed by atoms with Crippen molar-refractivity contribution in [3.05, 3.63) is 0 Å². The molecule has 4 rings (SSSR count). The van der Waals surface area contributed by atoms with Crippen LogP contribution in [-0.2, 0) is 47.5 Å². The molecule has 0 aromatic carbocycles. The normalized spacial score (nSPS) is 38.1. The fraction of sp³-hybridized carbons (Fsp3) is 0.906. The molecule has 4 aliphatic rings. The summed E-state index contributed by atoms with van der Waals surface area (Å²) >= 11 is 0. The number of aliphatic hydroxyl groups is 4. The maximum absolute atomic E-state index is 12.7. The van der Waals surface area contributed by atoms with Gasteiger partial charge in [0.05, 0.1) is 6.10 Å². The Morgan fingerprint density at radius 2 is 1.13 bits per heavy atom. The van der Waals surface area contributed by atoms with Gasteiger partial charge in [-0.15, -0.1) is 0 Å². The number of carbonyl (C=O) groups excluding carboxylic acids is 3. The lowest BCUT2D eigenvalue weighted by atomic mass is 9.97. The van der Waals surface area contributed by atoms with Crippen molar-refractivity contribution >= 4 is 17.9 Å². The fourth-order valence-electron chi connectivity index (χ4n) is 5.95. The molecule has 4 fully saturated rings. The highest BCUT2D eigenvalue weighted by molar-refractivity contribution is 5.69. The van der Waals surface area contributed by atoms with Gasteiger partial charge in [0.15, 0.2) is 18.7 Å². The van der Waals surface area contributed by atoms with Gasteiger partial charge in [-0.2, -0.15) is 0 Å². The Morgan fingerprint density at radius 1 is 0.630 bits per heavy atom. The number of aliphatic hydroxyl groups excluding tert-OH is 4. The van der Waals surface area contributed by atoms with Gasteiger partial charge in [0.2, 0.25) is 0 Å². The monoisotopic (exact) mass is 662 g/mol. The summed E-state index contributed by atoms with van der Waals surface area (Å²) < 4.78 is 39.5. The van der Waals surface area contributed by atoms with Crippen molar-refractivity contribution in [1.29, 1.82) is 0 Å². The molecule has 1 unspecified atom stereocenters. The van der Waals surface area contributed by atoms with Crippen molar-refractivity contribution in [3.8, 4) is 0 Å². The maximum atomic E-state index is 12.7. The van der Waals surface area contributed by atoms with E-state index in [1.165, 1.54) is 20.3 Å². The van der Waals surface area contributed by atoms with Crippen LogP contribution in [0.1, 0.15) is 104 Å². The minimum absolute atomic E-state index is 0.106. The fourth-order valence-corrected chi connectivity index (χ4v) is 5.95. The van der Waals surface area contributed by atoms with Crippen LogP contribution >= 0.6 is 0 Å². The van der Waals surface area contributed by atoms with Gasteiger partial charge in [-0.25, -0.2) is 0 Å². The minimum Gasteiger partial charge on any atom is -0.463 e. The van der Waals surface area contributed by atoms with Crippen LogP contribution in [0.3, 0.4) is 0 Å². The van der Waals surface area contributed by atoms with E-state index in [0.29, 0.717) is 12.8 Å². The zero-order chi connectivity index (χ0) is 33.6. The number of carbonyl (C=O) groups is 3. The summed E-state index contributed by atoms with van der Waals surface area (Å²) in [6, 6.07) is 0. The summed E-state index contributed by atoms with van der Waals surface area (Å²) in [6.07, 6.45) is -3.23. The molecular formula is C32H54O14. The van der Waals surface area contributed by atoms with Crippen LogP contribution in [0, 0.1) is 0 Å². The number of ether oxygens (including phenoxy) is 7. The standard InChI is InChI=1S/C32H54O14/c1-19-15-13-11-9-7-5-4-6-8-10-12-14-16-24(35)45-29-23(18-41-21(3)34)44-31(28(39)27(29)38)46-30-26(37)25(36)22(17-40-20(2)33)43-32(30)42-19/h19,22-23,25-32,36-39H,4-18H2,1-3H3/t19?,22-,23-,25-,26+,27-,28-,29-,30-,31+,32-/m1/s1. The van der Waals surface area contributed by atoms with Crippen LogP contribution in [0.25, 0.3) is 0 Å². The number of fused-ring (bicyclic) bond motifs is 18. The second-order valence-corrected chi connectivity index (χ2v) is 12.6. The van der Waals surface area contributed by atoms with Crippen molar-refractivity contribution in [2.75, 3.05) is 13.2 Å². The van der Waals surface area contributed by atoms with Gasteiger partial charge in [-0.05, 0) is 19.8 Å². The highest BCUT2D eigenvalue weighted by atomic mass is 16.8. The van der Waals surface area contributed by atoms with Crippen molar-refractivity contribution in [3.63, 3.8) is 0 Å². The topological polar surface area (TPSA) is 197 Å². The van der Waals surface area contributed by atoms with Crippen LogP contribution in [0.15, 0.2) is 0 Å². The summed E-state index contributed by atoms with van der Waals surface area (Å²) in [5, 5.41) is 44.1. The Morgan fingerprint density at radius 3 is 1.72 bits per heavy atom. The maximum Gasteiger partial charge on any atom is 0.306 e. The molecule has 46 heavy (non-hydrogen) atoms. The van der Waals surface area contributed by atoms with E-state index in [4.69, 9.17) is 33.2 Å². The number of hydrogen-bond acceptors (Lipinski definition) is 14. The minimum atomic E-state index is -1.78. The van der Waals surface area contributed by atoms with Crippen LogP contribution in [0.2, 0.25) is 0 Å². The zero-order valence-corrected chi connectivity index (χ0v) is 27.3. The first kappa shape index (κ1) is 38.5. The summed E-state index contributed by atoms with van der Waals surface area (Å²) in [5.41, 5.74) is 0. The van der Waals surface area contributed by atoms with Crippen molar-refractivity contribution in [1.82, 2.24) is 0 Å². The second-order valence-electron chi connectivity index (χ2n) is 12.6. The molecule has 4 saturated heterocycles. The number of hydrogen-bond donors (Lipinski definition) is 4. The first-order valence-corrected chi connectivity index (χ1v) is 16.8. The second kappa shape index (κ2) is 19.8. The SMILES string of the molecule is CC(=O)OC[C@H]1O[C@H]2OC(C)CCCCCCCCCCCCCC(=O)O[C@H]3[C@H](O)[C@@H](O)[C@H](O[C@@H]2[C@@H](O)[C@@H]1O)O[C@@H]3COC(C)=O. The Hall–Kier alpha value is -1.91. The van der Waals surface area contributed by atoms with E-state index in [-0.39, 0.29) is 19.1 Å². The predicted molar refractivity (Wildman–Crippen MR) is 160 cm³/mol. The smallest absolute Gasteiger partial charge is 0.306 e. The molecule has 0 aromatic rings. The Labute approximate surface area is 270 Å². The van der Waals surface area contributed by atoms with Gasteiger partial charge >= 0.3 is 17.9 Å². The van der Waals surface area contributed by atoms with Crippen LogP contribution in [-0.4, -0.2) is 119 Å². The van der Waals surface area contributed by atoms with Crippen LogP contribution < -0.4 is 0 Å². The van der Waals surface area contributed by atoms with Gasteiger partial charge in [0.1, 0.15) is 55.9 Å². The first-order chi connectivity index (χ1) is 22.0. The average Bonchev–Trinajstić information content (AvgIpc) is 3.00. The van der Waals surface area contributed by atoms with Gasteiger partial charge in [0.25, 0.3) is 0 Å². The van der Waals surface area contributed by atoms with Crippen molar-refractivity contribution in [2.45, 2.75) is 172 Å². The molecule has 14 heteroatoms. The molecule has 11 atom stereocenters. The van der Waals surface area contributed by atoms with Gasteiger partial charge in [-0.3, -0.25) is 14.4 Å². The van der Waals surface area contributed by atoms with Crippen LogP contribution in [0.4, 0.5) is 0 Å². The molecule has 266 valence electrons. The molecule has 4 aliphatic heterocycles. The largest absolute Gasteiger partial charge is 0.463 e. The van der Waals surface area contributed by atoms with Gasteiger partial charge < -0.3 is 53.6 Å². The highest BCUT2D eigenvalue weighted by Gasteiger charge is 2.52. The Kier molecular flexibility index (Phi) is 16.6. The molecule has 0 spiro atoms. The molecule has 0 amide bonds.